The number of carbonyl (C=O) groups is 2. The molecule has 168 valence electrons. The number of nitrogens with two attached hydrogens (primary N) is 1. The average molecular weight is 438 g/mol. The number of aromatic nitrogens is 1. The third-order valence-electron chi connectivity index (χ3n) is 4.74. The minimum atomic E-state index is -1.30. The monoisotopic (exact) mass is 438 g/mol. The molecule has 0 radical (unpaired) electrons. The van der Waals surface area contributed by atoms with Crippen LogP contribution in [0.3, 0.4) is 0 Å². The number of amides is 2. The van der Waals surface area contributed by atoms with Gasteiger partial charge < -0.3 is 35.9 Å². The molecule has 6 N–H and O–H groups in total. The van der Waals surface area contributed by atoms with Crippen molar-refractivity contribution in [2.24, 2.45) is 5.73 Å². The average Bonchev–Trinajstić information content (AvgIpc) is 3.20. The summed E-state index contributed by atoms with van der Waals surface area (Å²) < 4.78 is 10.4. The summed E-state index contributed by atoms with van der Waals surface area (Å²) in [6.45, 7) is 3.84. The molecule has 3 aromatic rings. The van der Waals surface area contributed by atoms with Crippen molar-refractivity contribution in [3.05, 3.63) is 65.5 Å². The first-order chi connectivity index (χ1) is 15.3. The SMILES string of the molecule is CCOC(=O)c1c[nH]c(C(N)O)c1-c1ccc(NC(=O)Nc2cc(C)ccc2OC)cc1. The van der Waals surface area contributed by atoms with Crippen LogP contribution in [0.25, 0.3) is 11.1 Å². The number of ether oxygens (including phenoxy) is 2. The third-order valence-corrected chi connectivity index (χ3v) is 4.74. The quantitative estimate of drug-likeness (QED) is 0.281. The third kappa shape index (κ3) is 5.08. The van der Waals surface area contributed by atoms with E-state index >= 15 is 0 Å². The number of urea groups is 1. The first kappa shape index (κ1) is 22.9. The Bertz CT molecular complexity index is 1110. The van der Waals surface area contributed by atoms with E-state index in [0.717, 1.165) is 5.56 Å². The molecule has 0 saturated carbocycles. The molecule has 2 amide bonds. The molecule has 0 aliphatic heterocycles. The molecule has 1 atom stereocenters. The highest BCUT2D eigenvalue weighted by molar-refractivity contribution is 6.01. The number of H-pyrrole nitrogens is 1. The molecule has 1 aromatic heterocycles. The molecule has 1 heterocycles. The van der Waals surface area contributed by atoms with E-state index in [-0.39, 0.29) is 17.9 Å². The maximum absolute atomic E-state index is 12.4. The van der Waals surface area contributed by atoms with Crippen molar-refractivity contribution < 1.29 is 24.2 Å². The molecule has 0 spiro atoms. The van der Waals surface area contributed by atoms with Gasteiger partial charge in [-0.1, -0.05) is 18.2 Å². The van der Waals surface area contributed by atoms with Crippen molar-refractivity contribution in [2.75, 3.05) is 24.4 Å². The van der Waals surface area contributed by atoms with E-state index in [4.69, 9.17) is 15.2 Å². The van der Waals surface area contributed by atoms with Crippen LogP contribution in [-0.4, -0.2) is 35.8 Å². The Morgan fingerprint density at radius 3 is 2.50 bits per heavy atom. The van der Waals surface area contributed by atoms with Gasteiger partial charge in [-0.2, -0.15) is 0 Å². The van der Waals surface area contributed by atoms with Crippen LogP contribution in [0.2, 0.25) is 0 Å². The highest BCUT2D eigenvalue weighted by Gasteiger charge is 2.22. The molecule has 2 aromatic carbocycles. The maximum Gasteiger partial charge on any atom is 0.340 e. The van der Waals surface area contributed by atoms with Crippen LogP contribution >= 0.6 is 0 Å². The summed E-state index contributed by atoms with van der Waals surface area (Å²) in [5.74, 6) is 0.0206. The Labute approximate surface area is 185 Å². The number of aryl methyl sites for hydroxylation is 1. The smallest absolute Gasteiger partial charge is 0.340 e. The summed E-state index contributed by atoms with van der Waals surface area (Å²) >= 11 is 0. The summed E-state index contributed by atoms with van der Waals surface area (Å²) in [6.07, 6.45) is 0.147. The van der Waals surface area contributed by atoms with E-state index < -0.39 is 18.2 Å². The van der Waals surface area contributed by atoms with Gasteiger partial charge in [0.1, 0.15) is 12.0 Å². The summed E-state index contributed by atoms with van der Waals surface area (Å²) in [7, 11) is 1.53. The van der Waals surface area contributed by atoms with Crippen LogP contribution < -0.4 is 21.1 Å². The number of benzene rings is 2. The van der Waals surface area contributed by atoms with Gasteiger partial charge in [-0.3, -0.25) is 0 Å². The lowest BCUT2D eigenvalue weighted by atomic mass is 10.0. The number of hydrogen-bond donors (Lipinski definition) is 5. The van der Waals surface area contributed by atoms with Crippen LogP contribution in [0.1, 0.15) is 34.8 Å². The van der Waals surface area contributed by atoms with Crippen LogP contribution in [0, 0.1) is 6.92 Å². The molecule has 0 aliphatic carbocycles. The van der Waals surface area contributed by atoms with E-state index in [1.807, 2.05) is 19.1 Å². The van der Waals surface area contributed by atoms with Crippen molar-refractivity contribution in [3.8, 4) is 16.9 Å². The molecule has 32 heavy (non-hydrogen) atoms. The number of aliphatic hydroxyl groups excluding tert-OH is 1. The van der Waals surface area contributed by atoms with Gasteiger partial charge in [0.25, 0.3) is 0 Å². The molecule has 9 heteroatoms. The number of rotatable bonds is 7. The Morgan fingerprint density at radius 2 is 1.88 bits per heavy atom. The van der Waals surface area contributed by atoms with E-state index in [2.05, 4.69) is 15.6 Å². The normalized spacial score (nSPS) is 11.5. The molecule has 0 saturated heterocycles. The Morgan fingerprint density at radius 1 is 1.16 bits per heavy atom. The fraction of sp³-hybridized carbons (Fsp3) is 0.217. The Hall–Kier alpha value is -3.82. The number of methoxy groups -OCH3 is 1. The minimum Gasteiger partial charge on any atom is -0.495 e. The fourth-order valence-electron chi connectivity index (χ4n) is 3.28. The topological polar surface area (TPSA) is 139 Å². The molecule has 3 rings (SSSR count). The molecule has 0 bridgehead atoms. The number of carbonyl (C=O) groups excluding carboxylic acids is 2. The predicted octanol–water partition coefficient (Wildman–Crippen LogP) is 3.77. The lowest BCUT2D eigenvalue weighted by molar-refractivity contribution is 0.0527. The Kier molecular flexibility index (Phi) is 7.14. The first-order valence-corrected chi connectivity index (χ1v) is 9.99. The number of aromatic amines is 1. The van der Waals surface area contributed by atoms with Gasteiger partial charge in [0.15, 0.2) is 0 Å². The van der Waals surface area contributed by atoms with Gasteiger partial charge in [0.2, 0.25) is 0 Å². The van der Waals surface area contributed by atoms with Crippen LogP contribution in [0.4, 0.5) is 16.2 Å². The summed E-state index contributed by atoms with van der Waals surface area (Å²) in [4.78, 5) is 27.6. The van der Waals surface area contributed by atoms with E-state index in [9.17, 15) is 14.7 Å². The van der Waals surface area contributed by atoms with E-state index in [1.165, 1.54) is 13.3 Å². The van der Waals surface area contributed by atoms with Gasteiger partial charge >= 0.3 is 12.0 Å². The number of aliphatic hydroxyl groups is 1. The summed E-state index contributed by atoms with van der Waals surface area (Å²) in [5.41, 5.74) is 9.32. The van der Waals surface area contributed by atoms with Crippen LogP contribution in [-0.2, 0) is 4.74 Å². The molecule has 9 nitrogen and oxygen atoms in total. The number of esters is 1. The second-order valence-corrected chi connectivity index (χ2v) is 7.02. The van der Waals surface area contributed by atoms with Crippen LogP contribution in [0.15, 0.2) is 48.7 Å². The van der Waals surface area contributed by atoms with Gasteiger partial charge in [-0.05, 0) is 49.2 Å². The minimum absolute atomic E-state index is 0.216. The molecule has 0 aliphatic rings. The molecule has 1 unspecified atom stereocenters. The Balaban J connectivity index is 1.80. The van der Waals surface area contributed by atoms with Crippen LogP contribution in [0.5, 0.6) is 5.75 Å². The largest absolute Gasteiger partial charge is 0.495 e. The van der Waals surface area contributed by atoms with Gasteiger partial charge in [-0.15, -0.1) is 0 Å². The lowest BCUT2D eigenvalue weighted by Crippen LogP contribution is -2.19. The zero-order valence-electron chi connectivity index (χ0n) is 18.1. The van der Waals surface area contributed by atoms with Crippen molar-refractivity contribution in [2.45, 2.75) is 20.1 Å². The van der Waals surface area contributed by atoms with Gasteiger partial charge in [-0.25, -0.2) is 9.59 Å². The second-order valence-electron chi connectivity index (χ2n) is 7.02. The van der Waals surface area contributed by atoms with Crippen molar-refractivity contribution in [1.29, 1.82) is 0 Å². The molecular weight excluding hydrogens is 412 g/mol. The van der Waals surface area contributed by atoms with Crippen molar-refractivity contribution in [3.63, 3.8) is 0 Å². The van der Waals surface area contributed by atoms with Gasteiger partial charge in [0, 0.05) is 17.4 Å². The second kappa shape index (κ2) is 9.99. The first-order valence-electron chi connectivity index (χ1n) is 9.99. The highest BCUT2D eigenvalue weighted by atomic mass is 16.5. The fourth-order valence-corrected chi connectivity index (χ4v) is 3.28. The summed E-state index contributed by atoms with van der Waals surface area (Å²) in [6, 6.07) is 11.8. The molecular formula is C23H26N4O5. The van der Waals surface area contributed by atoms with E-state index in [1.54, 1.807) is 37.3 Å². The predicted molar refractivity (Wildman–Crippen MR) is 122 cm³/mol. The standard InChI is InChI=1S/C23H26N4O5/c1-4-32-22(29)16-12-25-20(21(24)28)19(16)14-6-8-15(9-7-14)26-23(30)27-17-11-13(2)5-10-18(17)31-3/h5-12,21,25,28H,4,24H2,1-3H3,(H2,26,27,30). The zero-order chi connectivity index (χ0) is 23.3. The highest BCUT2D eigenvalue weighted by Crippen LogP contribution is 2.32. The lowest BCUT2D eigenvalue weighted by Gasteiger charge is -2.13. The summed E-state index contributed by atoms with van der Waals surface area (Å²) in [5, 5.41) is 15.4. The number of nitrogens with one attached hydrogen (secondary N) is 3. The zero-order valence-corrected chi connectivity index (χ0v) is 18.1. The van der Waals surface area contributed by atoms with Crippen molar-refractivity contribution in [1.82, 2.24) is 4.98 Å². The van der Waals surface area contributed by atoms with Gasteiger partial charge in [0.05, 0.1) is 30.7 Å². The number of hydrogen-bond acceptors (Lipinski definition) is 6. The molecule has 0 fully saturated rings. The van der Waals surface area contributed by atoms with Crippen molar-refractivity contribution >= 4 is 23.4 Å². The van der Waals surface area contributed by atoms with E-state index in [0.29, 0.717) is 28.3 Å². The maximum atomic E-state index is 12.4. The number of anilines is 2.